The molecule has 0 radical (unpaired) electrons. The Morgan fingerprint density at radius 2 is 1.45 bits per heavy atom. The predicted octanol–water partition coefficient (Wildman–Crippen LogP) is 9.30. The lowest BCUT2D eigenvalue weighted by Crippen LogP contribution is -2.13. The number of aryl methyl sites for hydroxylation is 2. The van der Waals surface area contributed by atoms with E-state index in [0.717, 1.165) is 11.4 Å². The zero-order valence-corrected chi connectivity index (χ0v) is 19.7. The Morgan fingerprint density at radius 3 is 2.18 bits per heavy atom. The number of halogens is 1. The summed E-state index contributed by atoms with van der Waals surface area (Å²) in [7, 11) is 0. The third-order valence-electron chi connectivity index (χ3n) is 7.03. The summed E-state index contributed by atoms with van der Waals surface area (Å²) < 4.78 is 0. The molecule has 33 heavy (non-hydrogen) atoms. The largest absolute Gasteiger partial charge is 0.0843 e. The summed E-state index contributed by atoms with van der Waals surface area (Å²) in [4.78, 5) is 0. The van der Waals surface area contributed by atoms with Crippen LogP contribution in [0.1, 0.15) is 40.2 Å². The fourth-order valence-electron chi connectivity index (χ4n) is 5.27. The van der Waals surface area contributed by atoms with Crippen molar-refractivity contribution in [3.05, 3.63) is 129 Å². The van der Waals surface area contributed by atoms with Gasteiger partial charge in [-0.2, -0.15) is 0 Å². The fourth-order valence-corrected chi connectivity index (χ4v) is 5.45. The Kier molecular flexibility index (Phi) is 4.85. The van der Waals surface area contributed by atoms with Gasteiger partial charge < -0.3 is 0 Å². The molecular weight excluding hydrogens is 420 g/mol. The molecule has 1 unspecified atom stereocenters. The van der Waals surface area contributed by atoms with Crippen LogP contribution in [0.3, 0.4) is 0 Å². The minimum Gasteiger partial charge on any atom is -0.0843 e. The highest BCUT2D eigenvalue weighted by Crippen LogP contribution is 2.49. The van der Waals surface area contributed by atoms with Crippen LogP contribution < -0.4 is 0 Å². The molecule has 4 aromatic carbocycles. The molecule has 0 saturated heterocycles. The van der Waals surface area contributed by atoms with Gasteiger partial charge in [0.15, 0.2) is 0 Å². The normalized spacial score (nSPS) is 16.8. The van der Waals surface area contributed by atoms with Crippen LogP contribution in [0.25, 0.3) is 33.5 Å². The summed E-state index contributed by atoms with van der Waals surface area (Å²) in [5.41, 5.74) is 11.8. The zero-order chi connectivity index (χ0) is 22.5. The zero-order valence-electron chi connectivity index (χ0n) is 18.9. The van der Waals surface area contributed by atoms with Crippen LogP contribution in [0.2, 0.25) is 5.02 Å². The van der Waals surface area contributed by atoms with Crippen LogP contribution in [-0.2, 0) is 0 Å². The summed E-state index contributed by atoms with van der Waals surface area (Å²) in [6.07, 6.45) is 10.2. The quantitative estimate of drug-likeness (QED) is 0.289. The van der Waals surface area contributed by atoms with Crippen molar-refractivity contribution in [2.75, 3.05) is 0 Å². The molecule has 0 saturated carbocycles. The maximum Gasteiger partial charge on any atom is 0.0412 e. The molecular formula is C32H25Cl. The van der Waals surface area contributed by atoms with Crippen molar-refractivity contribution in [1.82, 2.24) is 0 Å². The van der Waals surface area contributed by atoms with E-state index in [0.29, 0.717) is 5.92 Å². The number of hydrogen-bond acceptors (Lipinski definition) is 0. The van der Waals surface area contributed by atoms with Crippen LogP contribution in [0.4, 0.5) is 0 Å². The first-order chi connectivity index (χ1) is 16.1. The third kappa shape index (κ3) is 3.46. The van der Waals surface area contributed by atoms with Gasteiger partial charge in [0, 0.05) is 10.9 Å². The highest BCUT2D eigenvalue weighted by molar-refractivity contribution is 6.31. The topological polar surface area (TPSA) is 0 Å². The monoisotopic (exact) mass is 444 g/mol. The van der Waals surface area contributed by atoms with Crippen molar-refractivity contribution >= 4 is 34.0 Å². The molecule has 1 heteroatoms. The third-order valence-corrected chi connectivity index (χ3v) is 7.27. The van der Waals surface area contributed by atoms with E-state index in [4.69, 9.17) is 11.6 Å². The molecule has 0 aliphatic heterocycles. The summed E-state index contributed by atoms with van der Waals surface area (Å²) in [6.45, 7) is 4.28. The number of fused-ring (bicyclic) bond motifs is 5. The molecule has 0 N–H and O–H groups in total. The van der Waals surface area contributed by atoms with E-state index in [2.05, 4.69) is 105 Å². The molecule has 0 amide bonds. The lowest BCUT2D eigenvalue weighted by molar-refractivity contribution is 0.818. The van der Waals surface area contributed by atoms with Gasteiger partial charge in [-0.3, -0.25) is 0 Å². The van der Waals surface area contributed by atoms with Gasteiger partial charge in [-0.25, -0.2) is 0 Å². The van der Waals surface area contributed by atoms with E-state index < -0.39 is 0 Å². The molecule has 0 bridgehead atoms. The summed E-state index contributed by atoms with van der Waals surface area (Å²) in [6, 6.07) is 26.5. The fraction of sp³-hybridized carbons (Fsp3) is 0.125. The highest BCUT2D eigenvalue weighted by atomic mass is 35.5. The van der Waals surface area contributed by atoms with Crippen molar-refractivity contribution in [2.24, 2.45) is 0 Å². The first-order valence-electron chi connectivity index (χ1n) is 11.6. The van der Waals surface area contributed by atoms with E-state index in [1.807, 2.05) is 6.07 Å². The van der Waals surface area contributed by atoms with Gasteiger partial charge in [0.1, 0.15) is 0 Å². The molecule has 0 nitrogen and oxygen atoms in total. The van der Waals surface area contributed by atoms with Crippen LogP contribution in [0.5, 0.6) is 0 Å². The Hall–Kier alpha value is -3.35. The molecule has 2 aliphatic carbocycles. The Labute approximate surface area is 200 Å². The standard InChI is InChI=1S/C32H25Cl/c1-20-7-11-22(12-8-20)28-19-32-30-17-24(33)15-16-27(30)29(23-13-9-21(2)10-14-23)18-31(32)26-6-4-3-5-25(26)28/h3-5,7-19,26H,6H2,1-2H3. The Bertz CT molecular complexity index is 1480. The second-order valence-electron chi connectivity index (χ2n) is 9.25. The molecule has 0 aromatic heterocycles. The number of hydrogen-bond donors (Lipinski definition) is 0. The van der Waals surface area contributed by atoms with Gasteiger partial charge in [-0.15, -0.1) is 0 Å². The van der Waals surface area contributed by atoms with Gasteiger partial charge in [0.25, 0.3) is 0 Å². The van der Waals surface area contributed by atoms with Gasteiger partial charge in [-0.1, -0.05) is 95.6 Å². The maximum atomic E-state index is 6.55. The van der Waals surface area contributed by atoms with E-state index in [1.165, 1.54) is 60.9 Å². The first-order valence-corrected chi connectivity index (χ1v) is 12.0. The van der Waals surface area contributed by atoms with Crippen LogP contribution in [0.15, 0.2) is 96.6 Å². The van der Waals surface area contributed by atoms with Crippen LogP contribution >= 0.6 is 11.6 Å². The van der Waals surface area contributed by atoms with Crippen LogP contribution in [-0.4, -0.2) is 0 Å². The predicted molar refractivity (Wildman–Crippen MR) is 143 cm³/mol. The van der Waals surface area contributed by atoms with Crippen molar-refractivity contribution in [3.8, 4) is 11.1 Å². The van der Waals surface area contributed by atoms with E-state index in [1.54, 1.807) is 0 Å². The molecule has 2 aliphatic rings. The molecule has 4 aromatic rings. The minimum absolute atomic E-state index is 0.346. The second kappa shape index (κ2) is 7.90. The molecule has 1 atom stereocenters. The summed E-state index contributed by atoms with van der Waals surface area (Å²) in [5.74, 6) is 0.346. The van der Waals surface area contributed by atoms with Gasteiger partial charge in [0.2, 0.25) is 0 Å². The highest BCUT2D eigenvalue weighted by Gasteiger charge is 2.29. The average molecular weight is 445 g/mol. The summed E-state index contributed by atoms with van der Waals surface area (Å²) in [5, 5.41) is 3.26. The maximum absolute atomic E-state index is 6.55. The van der Waals surface area contributed by atoms with Gasteiger partial charge in [-0.05, 0) is 94.3 Å². The first kappa shape index (κ1) is 20.3. The van der Waals surface area contributed by atoms with Gasteiger partial charge >= 0.3 is 0 Å². The van der Waals surface area contributed by atoms with Crippen LogP contribution in [0, 0.1) is 13.8 Å². The Balaban J connectivity index is 1.67. The average Bonchev–Trinajstić information content (AvgIpc) is 2.84. The molecule has 160 valence electrons. The number of rotatable bonds is 2. The molecule has 0 heterocycles. The van der Waals surface area contributed by atoms with Crippen molar-refractivity contribution in [1.29, 1.82) is 0 Å². The number of benzene rings is 4. The molecule has 0 spiro atoms. The van der Waals surface area contributed by atoms with Crippen molar-refractivity contribution in [2.45, 2.75) is 26.2 Å². The lowest BCUT2D eigenvalue weighted by atomic mass is 9.72. The minimum atomic E-state index is 0.346. The Morgan fingerprint density at radius 1 is 0.758 bits per heavy atom. The summed E-state index contributed by atoms with van der Waals surface area (Å²) >= 11 is 6.55. The van der Waals surface area contributed by atoms with Crippen molar-refractivity contribution < 1.29 is 0 Å². The SMILES string of the molecule is Cc1ccc(C2=Cc3c(cc(-c4ccc(C)cc4)c4ccc(Cl)cc34)C3CC=CC=C23)cc1. The smallest absolute Gasteiger partial charge is 0.0412 e. The molecule has 0 fully saturated rings. The number of allylic oxidation sites excluding steroid dienone is 5. The van der Waals surface area contributed by atoms with Crippen molar-refractivity contribution in [3.63, 3.8) is 0 Å². The van der Waals surface area contributed by atoms with Gasteiger partial charge in [0.05, 0.1) is 0 Å². The van der Waals surface area contributed by atoms with E-state index in [9.17, 15) is 0 Å². The lowest BCUT2D eigenvalue weighted by Gasteiger charge is -2.32. The van der Waals surface area contributed by atoms with E-state index >= 15 is 0 Å². The van der Waals surface area contributed by atoms with E-state index in [-0.39, 0.29) is 0 Å². The second-order valence-corrected chi connectivity index (χ2v) is 9.68. The molecule has 6 rings (SSSR count).